The number of aryl methyl sites for hydroxylation is 2. The van der Waals surface area contributed by atoms with Gasteiger partial charge < -0.3 is 0 Å². The molecule has 0 unspecified atom stereocenters. The Morgan fingerprint density at radius 1 is 0.846 bits per heavy atom. The van der Waals surface area contributed by atoms with Gasteiger partial charge in [-0.05, 0) is 52.8 Å². The molecular formula is C25H28N+. The highest BCUT2D eigenvalue weighted by atomic mass is 14.9. The Bertz CT molecular complexity index is 1010. The summed E-state index contributed by atoms with van der Waals surface area (Å²) in [6.07, 6.45) is 2.27. The Balaban J connectivity index is 1.93. The smallest absolute Gasteiger partial charge is 0.201 e. The number of benzene rings is 2. The fourth-order valence-electron chi connectivity index (χ4n) is 4.38. The topological polar surface area (TPSA) is 3.88 Å². The van der Waals surface area contributed by atoms with Gasteiger partial charge in [0.25, 0.3) is 0 Å². The average Bonchev–Trinajstić information content (AvgIpc) is 2.82. The zero-order chi connectivity index (χ0) is 18.6. The summed E-state index contributed by atoms with van der Waals surface area (Å²) < 4.78 is 2.27. The van der Waals surface area contributed by atoms with Crippen molar-refractivity contribution >= 4 is 0 Å². The minimum Gasteiger partial charge on any atom is -0.201 e. The predicted molar refractivity (Wildman–Crippen MR) is 109 cm³/mol. The molecule has 26 heavy (non-hydrogen) atoms. The molecule has 132 valence electrons. The lowest BCUT2D eigenvalue weighted by molar-refractivity contribution is -0.660. The molecule has 0 bridgehead atoms. The van der Waals surface area contributed by atoms with Gasteiger partial charge in [0.1, 0.15) is 7.05 Å². The van der Waals surface area contributed by atoms with Gasteiger partial charge in [0.2, 0.25) is 5.69 Å². The van der Waals surface area contributed by atoms with Crippen LogP contribution < -0.4 is 4.57 Å². The van der Waals surface area contributed by atoms with Gasteiger partial charge in [-0.2, -0.15) is 0 Å². The largest absolute Gasteiger partial charge is 0.212 e. The maximum Gasteiger partial charge on any atom is 0.212 e. The van der Waals surface area contributed by atoms with E-state index in [9.17, 15) is 0 Å². The number of nitrogens with zero attached hydrogens (tertiary/aromatic N) is 1. The molecule has 1 heteroatoms. The van der Waals surface area contributed by atoms with E-state index in [1.54, 1.807) is 0 Å². The first kappa shape index (κ1) is 17.0. The second-order valence-electron chi connectivity index (χ2n) is 8.50. The fraction of sp³-hybridized carbons (Fsp3) is 0.320. The normalized spacial score (nSPS) is 14.4. The van der Waals surface area contributed by atoms with Gasteiger partial charge in [-0.3, -0.25) is 0 Å². The van der Waals surface area contributed by atoms with Crippen LogP contribution in [0.15, 0.2) is 54.7 Å². The Labute approximate surface area is 157 Å². The Morgan fingerprint density at radius 2 is 1.58 bits per heavy atom. The molecule has 1 aliphatic carbocycles. The van der Waals surface area contributed by atoms with E-state index in [1.165, 1.54) is 44.6 Å². The Kier molecular flexibility index (Phi) is 3.80. The Hall–Kier alpha value is -2.41. The summed E-state index contributed by atoms with van der Waals surface area (Å²) in [5.74, 6) is 0.545. The van der Waals surface area contributed by atoms with Gasteiger partial charge in [0, 0.05) is 22.6 Å². The van der Waals surface area contributed by atoms with Crippen molar-refractivity contribution in [1.29, 1.82) is 0 Å². The van der Waals surface area contributed by atoms with Gasteiger partial charge in [-0.1, -0.05) is 58.0 Å². The summed E-state index contributed by atoms with van der Waals surface area (Å²) in [6.45, 7) is 11.4. The number of fused-ring (bicyclic) bond motifs is 3. The monoisotopic (exact) mass is 342 g/mol. The highest BCUT2D eigenvalue weighted by molar-refractivity contribution is 5.84. The van der Waals surface area contributed by atoms with Gasteiger partial charge in [-0.25, -0.2) is 4.57 Å². The summed E-state index contributed by atoms with van der Waals surface area (Å²) >= 11 is 0. The zero-order valence-corrected chi connectivity index (χ0v) is 16.7. The van der Waals surface area contributed by atoms with Crippen LogP contribution in [0.3, 0.4) is 0 Å². The van der Waals surface area contributed by atoms with E-state index in [4.69, 9.17) is 0 Å². The van der Waals surface area contributed by atoms with E-state index in [0.29, 0.717) is 5.92 Å². The van der Waals surface area contributed by atoms with Crippen molar-refractivity contribution in [1.82, 2.24) is 0 Å². The number of hydrogen-bond donors (Lipinski definition) is 0. The molecule has 1 nitrogen and oxygen atoms in total. The highest BCUT2D eigenvalue weighted by Gasteiger charge is 2.36. The minimum absolute atomic E-state index is 0.0684. The van der Waals surface area contributed by atoms with E-state index < -0.39 is 0 Å². The molecule has 0 N–H and O–H groups in total. The molecule has 4 rings (SSSR count). The van der Waals surface area contributed by atoms with E-state index in [2.05, 4.69) is 101 Å². The molecule has 0 spiro atoms. The standard InChI is InChI=1S/C25H28N/c1-16(2)18-11-12-24(26(6)15-18)20-14-21-19-9-7-8-10-22(19)25(4,5)23(21)13-17(20)3/h7-16H,1-6H3/q+1. The molecule has 1 heterocycles. The van der Waals surface area contributed by atoms with Gasteiger partial charge >= 0.3 is 0 Å². The molecule has 0 saturated carbocycles. The van der Waals surface area contributed by atoms with Crippen LogP contribution in [0.2, 0.25) is 0 Å². The summed E-state index contributed by atoms with van der Waals surface area (Å²) in [4.78, 5) is 0. The van der Waals surface area contributed by atoms with Crippen LogP contribution >= 0.6 is 0 Å². The van der Waals surface area contributed by atoms with E-state index >= 15 is 0 Å². The van der Waals surface area contributed by atoms with Crippen LogP contribution in [0.5, 0.6) is 0 Å². The van der Waals surface area contributed by atoms with Crippen LogP contribution in [-0.4, -0.2) is 0 Å². The number of pyridine rings is 1. The van der Waals surface area contributed by atoms with Crippen molar-refractivity contribution in [2.75, 3.05) is 0 Å². The molecule has 1 aliphatic rings. The van der Waals surface area contributed by atoms with E-state index in [1.807, 2.05) is 0 Å². The van der Waals surface area contributed by atoms with E-state index in [-0.39, 0.29) is 5.41 Å². The lowest BCUT2D eigenvalue weighted by atomic mass is 9.81. The lowest BCUT2D eigenvalue weighted by Crippen LogP contribution is -2.31. The van der Waals surface area contributed by atoms with Crippen LogP contribution in [0, 0.1) is 6.92 Å². The first-order valence-electron chi connectivity index (χ1n) is 9.55. The highest BCUT2D eigenvalue weighted by Crippen LogP contribution is 2.50. The number of rotatable bonds is 2. The first-order valence-corrected chi connectivity index (χ1v) is 9.55. The molecular weight excluding hydrogens is 314 g/mol. The van der Waals surface area contributed by atoms with Crippen molar-refractivity contribution < 1.29 is 4.57 Å². The van der Waals surface area contributed by atoms with Crippen LogP contribution in [0.25, 0.3) is 22.4 Å². The second kappa shape index (κ2) is 5.81. The van der Waals surface area contributed by atoms with Gasteiger partial charge in [-0.15, -0.1) is 0 Å². The first-order chi connectivity index (χ1) is 12.3. The Morgan fingerprint density at radius 3 is 2.27 bits per heavy atom. The predicted octanol–water partition coefficient (Wildman–Crippen LogP) is 5.92. The molecule has 0 atom stereocenters. The third-order valence-corrected chi connectivity index (χ3v) is 6.03. The molecule has 3 aromatic rings. The SMILES string of the molecule is Cc1cc2c(cc1-c1ccc(C(C)C)c[n+]1C)-c1ccccc1C2(C)C. The molecule has 0 radical (unpaired) electrons. The van der Waals surface area contributed by atoms with Crippen LogP contribution in [0.1, 0.15) is 55.9 Å². The zero-order valence-electron chi connectivity index (χ0n) is 16.7. The van der Waals surface area contributed by atoms with E-state index in [0.717, 1.165) is 0 Å². The van der Waals surface area contributed by atoms with Crippen molar-refractivity contribution in [3.63, 3.8) is 0 Å². The van der Waals surface area contributed by atoms with Crippen molar-refractivity contribution in [2.45, 2.75) is 46.0 Å². The lowest BCUT2D eigenvalue weighted by Gasteiger charge is -2.22. The third kappa shape index (κ3) is 2.41. The average molecular weight is 343 g/mol. The maximum absolute atomic E-state index is 2.41. The van der Waals surface area contributed by atoms with Crippen molar-refractivity contribution in [3.05, 3.63) is 77.0 Å². The summed E-state index contributed by atoms with van der Waals surface area (Å²) in [7, 11) is 2.16. The summed E-state index contributed by atoms with van der Waals surface area (Å²) in [6, 6.07) is 18.2. The van der Waals surface area contributed by atoms with Gasteiger partial charge in [0.15, 0.2) is 6.20 Å². The second-order valence-corrected chi connectivity index (χ2v) is 8.50. The third-order valence-electron chi connectivity index (χ3n) is 6.03. The van der Waals surface area contributed by atoms with Gasteiger partial charge in [0.05, 0.1) is 0 Å². The number of aromatic nitrogens is 1. The van der Waals surface area contributed by atoms with Crippen LogP contribution in [0.4, 0.5) is 0 Å². The van der Waals surface area contributed by atoms with Crippen molar-refractivity contribution in [3.8, 4) is 22.4 Å². The quantitative estimate of drug-likeness (QED) is 0.509. The molecule has 0 amide bonds. The molecule has 1 aromatic heterocycles. The molecule has 0 saturated heterocycles. The summed E-state index contributed by atoms with van der Waals surface area (Å²) in [5.41, 5.74) is 11.0. The fourth-order valence-corrected chi connectivity index (χ4v) is 4.38. The summed E-state index contributed by atoms with van der Waals surface area (Å²) in [5, 5.41) is 0. The van der Waals surface area contributed by atoms with Crippen LogP contribution in [-0.2, 0) is 12.5 Å². The molecule has 0 aliphatic heterocycles. The maximum atomic E-state index is 2.41. The molecule has 0 fully saturated rings. The minimum atomic E-state index is 0.0684. The molecule has 2 aromatic carbocycles. The van der Waals surface area contributed by atoms with Crippen molar-refractivity contribution in [2.24, 2.45) is 7.05 Å². The number of hydrogen-bond acceptors (Lipinski definition) is 0.